The third-order valence-electron chi connectivity index (χ3n) is 2.60. The summed E-state index contributed by atoms with van der Waals surface area (Å²) in [5.41, 5.74) is 6.66. The summed E-state index contributed by atoms with van der Waals surface area (Å²) in [5, 5.41) is 0. The van der Waals surface area contributed by atoms with Crippen LogP contribution < -0.4 is 5.73 Å². The van der Waals surface area contributed by atoms with Crippen molar-refractivity contribution in [1.29, 1.82) is 0 Å². The van der Waals surface area contributed by atoms with Crippen molar-refractivity contribution in [1.82, 2.24) is 9.55 Å². The van der Waals surface area contributed by atoms with Crippen LogP contribution in [0.3, 0.4) is 0 Å². The number of nitrogens with two attached hydrogens (primary N) is 1. The SMILES string of the molecule is NCCCCn1ccnc1-c1ccccc1. The van der Waals surface area contributed by atoms with E-state index in [1.54, 1.807) is 0 Å². The Morgan fingerprint density at radius 3 is 2.69 bits per heavy atom. The smallest absolute Gasteiger partial charge is 0.139 e. The van der Waals surface area contributed by atoms with Gasteiger partial charge in [0, 0.05) is 24.5 Å². The fourth-order valence-electron chi connectivity index (χ4n) is 1.76. The molecular weight excluding hydrogens is 198 g/mol. The minimum absolute atomic E-state index is 0.759. The van der Waals surface area contributed by atoms with Crippen molar-refractivity contribution in [2.75, 3.05) is 6.54 Å². The second-order valence-electron chi connectivity index (χ2n) is 3.81. The van der Waals surface area contributed by atoms with Crippen LogP contribution in [-0.4, -0.2) is 16.1 Å². The predicted octanol–water partition coefficient (Wildman–Crippen LogP) is 2.29. The van der Waals surface area contributed by atoms with E-state index in [-0.39, 0.29) is 0 Å². The molecule has 1 aromatic carbocycles. The number of imidazole rings is 1. The normalized spacial score (nSPS) is 10.6. The van der Waals surface area contributed by atoms with Crippen molar-refractivity contribution in [2.45, 2.75) is 19.4 Å². The van der Waals surface area contributed by atoms with Gasteiger partial charge in [-0.1, -0.05) is 30.3 Å². The van der Waals surface area contributed by atoms with Crippen LogP contribution in [-0.2, 0) is 6.54 Å². The molecule has 0 aliphatic heterocycles. The van der Waals surface area contributed by atoms with Crippen LogP contribution in [0.25, 0.3) is 11.4 Å². The number of aryl methyl sites for hydroxylation is 1. The molecule has 0 amide bonds. The molecule has 0 bridgehead atoms. The molecule has 2 aromatic rings. The minimum Gasteiger partial charge on any atom is -0.331 e. The van der Waals surface area contributed by atoms with E-state index >= 15 is 0 Å². The molecule has 2 rings (SSSR count). The van der Waals surface area contributed by atoms with Gasteiger partial charge in [-0.15, -0.1) is 0 Å². The van der Waals surface area contributed by atoms with Crippen LogP contribution in [0.5, 0.6) is 0 Å². The number of hydrogen-bond donors (Lipinski definition) is 1. The number of nitrogens with zero attached hydrogens (tertiary/aromatic N) is 2. The van der Waals surface area contributed by atoms with Gasteiger partial charge in [-0.3, -0.25) is 0 Å². The maximum absolute atomic E-state index is 5.49. The monoisotopic (exact) mass is 215 g/mol. The lowest BCUT2D eigenvalue weighted by Crippen LogP contribution is -2.03. The molecule has 0 spiro atoms. The van der Waals surface area contributed by atoms with Crippen molar-refractivity contribution in [3.8, 4) is 11.4 Å². The Hall–Kier alpha value is -1.61. The van der Waals surface area contributed by atoms with Crippen LogP contribution in [0.1, 0.15) is 12.8 Å². The largest absolute Gasteiger partial charge is 0.331 e. The van der Waals surface area contributed by atoms with Crippen LogP contribution >= 0.6 is 0 Å². The number of unbranched alkanes of at least 4 members (excludes halogenated alkanes) is 1. The highest BCUT2D eigenvalue weighted by Crippen LogP contribution is 2.16. The lowest BCUT2D eigenvalue weighted by Gasteiger charge is -2.07. The van der Waals surface area contributed by atoms with E-state index in [1.807, 2.05) is 30.6 Å². The summed E-state index contributed by atoms with van der Waals surface area (Å²) < 4.78 is 2.19. The molecule has 0 unspecified atom stereocenters. The number of hydrogen-bond acceptors (Lipinski definition) is 2. The average Bonchev–Trinajstić information content (AvgIpc) is 2.79. The van der Waals surface area contributed by atoms with Crippen molar-refractivity contribution < 1.29 is 0 Å². The molecule has 0 saturated carbocycles. The molecule has 3 nitrogen and oxygen atoms in total. The summed E-state index contributed by atoms with van der Waals surface area (Å²) in [7, 11) is 0. The first-order valence-corrected chi connectivity index (χ1v) is 5.68. The van der Waals surface area contributed by atoms with Crippen LogP contribution in [0.15, 0.2) is 42.7 Å². The molecule has 84 valence electrons. The summed E-state index contributed by atoms with van der Waals surface area (Å²) in [6.07, 6.45) is 6.04. The number of benzene rings is 1. The Morgan fingerprint density at radius 1 is 1.12 bits per heavy atom. The molecule has 0 radical (unpaired) electrons. The number of rotatable bonds is 5. The van der Waals surface area contributed by atoms with E-state index in [0.29, 0.717) is 0 Å². The van der Waals surface area contributed by atoms with E-state index in [0.717, 1.165) is 31.8 Å². The molecule has 1 aromatic heterocycles. The highest BCUT2D eigenvalue weighted by Gasteiger charge is 2.04. The third-order valence-corrected chi connectivity index (χ3v) is 2.60. The van der Waals surface area contributed by atoms with Gasteiger partial charge in [-0.2, -0.15) is 0 Å². The molecule has 0 fully saturated rings. The van der Waals surface area contributed by atoms with E-state index < -0.39 is 0 Å². The van der Waals surface area contributed by atoms with Gasteiger partial charge in [-0.05, 0) is 19.4 Å². The van der Waals surface area contributed by atoms with Gasteiger partial charge in [0.05, 0.1) is 0 Å². The van der Waals surface area contributed by atoms with Gasteiger partial charge >= 0.3 is 0 Å². The van der Waals surface area contributed by atoms with Gasteiger partial charge in [-0.25, -0.2) is 4.98 Å². The Morgan fingerprint density at radius 2 is 1.94 bits per heavy atom. The quantitative estimate of drug-likeness (QED) is 0.778. The molecule has 1 heterocycles. The predicted molar refractivity (Wildman–Crippen MR) is 66.0 cm³/mol. The Balaban J connectivity index is 2.13. The van der Waals surface area contributed by atoms with Gasteiger partial charge in [0.2, 0.25) is 0 Å². The van der Waals surface area contributed by atoms with Gasteiger partial charge < -0.3 is 10.3 Å². The minimum atomic E-state index is 0.759. The highest BCUT2D eigenvalue weighted by atomic mass is 15.1. The zero-order chi connectivity index (χ0) is 11.2. The molecule has 16 heavy (non-hydrogen) atoms. The highest BCUT2D eigenvalue weighted by molar-refractivity contribution is 5.54. The average molecular weight is 215 g/mol. The van der Waals surface area contributed by atoms with Crippen molar-refractivity contribution >= 4 is 0 Å². The van der Waals surface area contributed by atoms with Crippen LogP contribution in [0, 0.1) is 0 Å². The molecule has 2 N–H and O–H groups in total. The summed E-state index contributed by atoms with van der Waals surface area (Å²) in [6, 6.07) is 10.3. The second-order valence-corrected chi connectivity index (χ2v) is 3.81. The Kier molecular flexibility index (Phi) is 3.72. The first-order chi connectivity index (χ1) is 7.92. The first kappa shape index (κ1) is 10.9. The standard InChI is InChI=1S/C13H17N3/c14-8-4-5-10-16-11-9-15-13(16)12-6-2-1-3-7-12/h1-3,6-7,9,11H,4-5,8,10,14H2. The van der Waals surface area contributed by atoms with Crippen LogP contribution in [0.4, 0.5) is 0 Å². The van der Waals surface area contributed by atoms with E-state index in [4.69, 9.17) is 5.73 Å². The van der Waals surface area contributed by atoms with Crippen molar-refractivity contribution in [3.05, 3.63) is 42.7 Å². The lowest BCUT2D eigenvalue weighted by molar-refractivity contribution is 0.619. The molecule has 0 saturated heterocycles. The molecular formula is C13H17N3. The second kappa shape index (κ2) is 5.47. The van der Waals surface area contributed by atoms with E-state index in [9.17, 15) is 0 Å². The molecule has 0 aliphatic rings. The Labute approximate surface area is 95.9 Å². The summed E-state index contributed by atoms with van der Waals surface area (Å²) in [6.45, 7) is 1.75. The van der Waals surface area contributed by atoms with Crippen molar-refractivity contribution in [2.24, 2.45) is 5.73 Å². The summed E-state index contributed by atoms with van der Waals surface area (Å²) in [5.74, 6) is 1.04. The maximum atomic E-state index is 5.49. The zero-order valence-electron chi connectivity index (χ0n) is 9.34. The maximum Gasteiger partial charge on any atom is 0.139 e. The molecule has 0 atom stereocenters. The lowest BCUT2D eigenvalue weighted by atomic mass is 10.2. The Bertz CT molecular complexity index is 420. The van der Waals surface area contributed by atoms with E-state index in [1.165, 1.54) is 5.56 Å². The fourth-order valence-corrected chi connectivity index (χ4v) is 1.76. The van der Waals surface area contributed by atoms with Gasteiger partial charge in [0.25, 0.3) is 0 Å². The van der Waals surface area contributed by atoms with Crippen molar-refractivity contribution in [3.63, 3.8) is 0 Å². The fraction of sp³-hybridized carbons (Fsp3) is 0.308. The van der Waals surface area contributed by atoms with Gasteiger partial charge in [0.1, 0.15) is 5.82 Å². The molecule has 3 heteroatoms. The zero-order valence-corrected chi connectivity index (χ0v) is 9.34. The van der Waals surface area contributed by atoms with Gasteiger partial charge in [0.15, 0.2) is 0 Å². The third kappa shape index (κ3) is 2.49. The van der Waals surface area contributed by atoms with E-state index in [2.05, 4.69) is 21.7 Å². The van der Waals surface area contributed by atoms with Crippen LogP contribution in [0.2, 0.25) is 0 Å². The summed E-state index contributed by atoms with van der Waals surface area (Å²) in [4.78, 5) is 4.40. The first-order valence-electron chi connectivity index (χ1n) is 5.68. The number of aromatic nitrogens is 2. The molecule has 0 aliphatic carbocycles. The topological polar surface area (TPSA) is 43.8 Å². The summed E-state index contributed by atoms with van der Waals surface area (Å²) >= 11 is 0.